The fourth-order valence-corrected chi connectivity index (χ4v) is 1.87. The Hall–Kier alpha value is -1.34. The van der Waals surface area contributed by atoms with Crippen LogP contribution in [0.25, 0.3) is 0 Å². The van der Waals surface area contributed by atoms with Crippen molar-refractivity contribution in [3.63, 3.8) is 0 Å². The Kier molecular flexibility index (Phi) is 4.03. The van der Waals surface area contributed by atoms with E-state index >= 15 is 0 Å². The van der Waals surface area contributed by atoms with Crippen molar-refractivity contribution in [3.05, 3.63) is 50.7 Å². The second-order valence-corrected chi connectivity index (χ2v) is 5.21. The Labute approximate surface area is 123 Å². The van der Waals surface area contributed by atoms with Gasteiger partial charge in [-0.05, 0) is 52.9 Å². The summed E-state index contributed by atoms with van der Waals surface area (Å²) in [5.41, 5.74) is 6.44. The van der Waals surface area contributed by atoms with Gasteiger partial charge in [0, 0.05) is 15.5 Å². The van der Waals surface area contributed by atoms with E-state index in [0.717, 1.165) is 3.57 Å². The number of rotatable bonds is 2. The third-order valence-corrected chi connectivity index (χ3v) is 3.17. The molecule has 0 fully saturated rings. The molecule has 18 heavy (non-hydrogen) atoms. The van der Waals surface area contributed by atoms with Gasteiger partial charge in [-0.3, -0.25) is 4.79 Å². The number of anilines is 2. The van der Waals surface area contributed by atoms with Crippen LogP contribution in [0.1, 0.15) is 10.4 Å². The molecule has 2 aromatic rings. The van der Waals surface area contributed by atoms with Crippen LogP contribution in [0.4, 0.5) is 11.5 Å². The number of carbonyl (C=O) groups excluding carboxylic acids is 1. The molecule has 1 amide bonds. The summed E-state index contributed by atoms with van der Waals surface area (Å²) in [6, 6.07) is 8.34. The van der Waals surface area contributed by atoms with Crippen molar-refractivity contribution >= 4 is 51.6 Å². The van der Waals surface area contributed by atoms with Gasteiger partial charge in [0.05, 0.1) is 10.6 Å². The topological polar surface area (TPSA) is 68.0 Å². The fourth-order valence-electron chi connectivity index (χ4n) is 1.35. The molecular formula is C12H9ClIN3O. The minimum Gasteiger partial charge on any atom is -0.399 e. The first-order valence-corrected chi connectivity index (χ1v) is 6.50. The lowest BCUT2D eigenvalue weighted by molar-refractivity contribution is 0.102. The van der Waals surface area contributed by atoms with Crippen LogP contribution in [-0.2, 0) is 0 Å². The first kappa shape index (κ1) is 13.1. The van der Waals surface area contributed by atoms with Crippen LogP contribution in [0.2, 0.25) is 5.02 Å². The van der Waals surface area contributed by atoms with E-state index in [1.807, 2.05) is 6.07 Å². The fraction of sp³-hybridized carbons (Fsp3) is 0. The zero-order valence-corrected chi connectivity index (χ0v) is 12.1. The predicted octanol–water partition coefficient (Wildman–Crippen LogP) is 3.17. The first-order valence-electron chi connectivity index (χ1n) is 5.04. The number of hydrogen-bond donors (Lipinski definition) is 2. The van der Waals surface area contributed by atoms with Gasteiger partial charge in [0.15, 0.2) is 0 Å². The number of pyridine rings is 1. The molecule has 92 valence electrons. The summed E-state index contributed by atoms with van der Waals surface area (Å²) in [5, 5.41) is 3.01. The molecule has 1 aromatic heterocycles. The highest BCUT2D eigenvalue weighted by molar-refractivity contribution is 14.1. The molecule has 0 aliphatic rings. The summed E-state index contributed by atoms with van der Waals surface area (Å²) in [6.07, 6.45) is 1.66. The van der Waals surface area contributed by atoms with Crippen molar-refractivity contribution in [1.82, 2.24) is 4.98 Å². The number of aromatic nitrogens is 1. The molecule has 6 heteroatoms. The molecule has 0 atom stereocenters. The monoisotopic (exact) mass is 373 g/mol. The van der Waals surface area contributed by atoms with Crippen LogP contribution in [0.3, 0.4) is 0 Å². The molecular weight excluding hydrogens is 365 g/mol. The molecule has 3 N–H and O–H groups in total. The van der Waals surface area contributed by atoms with Gasteiger partial charge in [0.1, 0.15) is 5.82 Å². The van der Waals surface area contributed by atoms with Crippen LogP contribution in [0.5, 0.6) is 0 Å². The standard InChI is InChI=1S/C12H9ClIN3O/c13-10-3-2-8(15)5-9(10)12(18)17-11-4-1-7(14)6-16-11/h1-6H,15H2,(H,16,17,18). The van der Waals surface area contributed by atoms with Crippen molar-refractivity contribution in [2.45, 2.75) is 0 Å². The van der Waals surface area contributed by atoms with E-state index in [4.69, 9.17) is 17.3 Å². The Morgan fingerprint density at radius 2 is 2.11 bits per heavy atom. The Morgan fingerprint density at radius 1 is 1.33 bits per heavy atom. The minimum atomic E-state index is -0.332. The van der Waals surface area contributed by atoms with Crippen molar-refractivity contribution < 1.29 is 4.79 Å². The molecule has 0 bridgehead atoms. The van der Waals surface area contributed by atoms with E-state index < -0.39 is 0 Å². The molecule has 1 heterocycles. The van der Waals surface area contributed by atoms with Crippen molar-refractivity contribution in [1.29, 1.82) is 0 Å². The largest absolute Gasteiger partial charge is 0.399 e. The van der Waals surface area contributed by atoms with Gasteiger partial charge in [0.25, 0.3) is 5.91 Å². The number of nitrogens with two attached hydrogens (primary N) is 1. The number of hydrogen-bond acceptors (Lipinski definition) is 3. The Balaban J connectivity index is 2.21. The lowest BCUT2D eigenvalue weighted by Gasteiger charge is -2.06. The number of benzene rings is 1. The maximum Gasteiger partial charge on any atom is 0.258 e. The summed E-state index contributed by atoms with van der Waals surface area (Å²) >= 11 is 8.08. The maximum atomic E-state index is 12.0. The summed E-state index contributed by atoms with van der Waals surface area (Å²) in [6.45, 7) is 0. The summed E-state index contributed by atoms with van der Waals surface area (Å²) in [4.78, 5) is 16.1. The summed E-state index contributed by atoms with van der Waals surface area (Å²) < 4.78 is 0.993. The number of carbonyl (C=O) groups is 1. The Morgan fingerprint density at radius 3 is 2.78 bits per heavy atom. The number of nitrogen functional groups attached to an aromatic ring is 1. The highest BCUT2D eigenvalue weighted by Gasteiger charge is 2.11. The average Bonchev–Trinajstić information content (AvgIpc) is 2.35. The number of halogens is 2. The molecule has 0 aliphatic carbocycles. The van der Waals surface area contributed by atoms with E-state index in [1.54, 1.807) is 24.4 Å². The van der Waals surface area contributed by atoms with Gasteiger partial charge >= 0.3 is 0 Å². The maximum absolute atomic E-state index is 12.0. The van der Waals surface area contributed by atoms with Crippen molar-refractivity contribution in [2.75, 3.05) is 11.1 Å². The van der Waals surface area contributed by atoms with Gasteiger partial charge in [0.2, 0.25) is 0 Å². The second-order valence-electron chi connectivity index (χ2n) is 3.56. The lowest BCUT2D eigenvalue weighted by Crippen LogP contribution is -2.13. The van der Waals surface area contributed by atoms with Gasteiger partial charge in [-0.25, -0.2) is 4.98 Å². The molecule has 0 unspecified atom stereocenters. The predicted molar refractivity (Wildman–Crippen MR) is 80.8 cm³/mol. The number of nitrogens with one attached hydrogen (secondary N) is 1. The number of amides is 1. The van der Waals surface area contributed by atoms with Crippen molar-refractivity contribution in [2.24, 2.45) is 0 Å². The zero-order valence-electron chi connectivity index (χ0n) is 9.15. The summed E-state index contributed by atoms with van der Waals surface area (Å²) in [7, 11) is 0. The molecule has 4 nitrogen and oxygen atoms in total. The van der Waals surface area contributed by atoms with E-state index in [1.165, 1.54) is 6.07 Å². The van der Waals surface area contributed by atoms with Gasteiger partial charge < -0.3 is 11.1 Å². The van der Waals surface area contributed by atoms with Crippen LogP contribution >= 0.6 is 34.2 Å². The SMILES string of the molecule is Nc1ccc(Cl)c(C(=O)Nc2ccc(I)cn2)c1. The van der Waals surface area contributed by atoms with Gasteiger partial charge in [-0.2, -0.15) is 0 Å². The Bertz CT molecular complexity index is 586. The van der Waals surface area contributed by atoms with E-state index in [9.17, 15) is 4.79 Å². The highest BCUT2D eigenvalue weighted by Crippen LogP contribution is 2.20. The molecule has 2 rings (SSSR count). The molecule has 0 radical (unpaired) electrons. The zero-order chi connectivity index (χ0) is 13.1. The average molecular weight is 374 g/mol. The van der Waals surface area contributed by atoms with Gasteiger partial charge in [-0.1, -0.05) is 11.6 Å². The number of nitrogens with zero attached hydrogens (tertiary/aromatic N) is 1. The highest BCUT2D eigenvalue weighted by atomic mass is 127. The molecule has 0 spiro atoms. The van der Waals surface area contributed by atoms with E-state index in [0.29, 0.717) is 22.1 Å². The normalized spacial score (nSPS) is 10.1. The van der Waals surface area contributed by atoms with E-state index in [2.05, 4.69) is 32.9 Å². The van der Waals surface area contributed by atoms with Gasteiger partial charge in [-0.15, -0.1) is 0 Å². The molecule has 0 saturated heterocycles. The van der Waals surface area contributed by atoms with Crippen molar-refractivity contribution in [3.8, 4) is 0 Å². The third-order valence-electron chi connectivity index (χ3n) is 2.20. The quantitative estimate of drug-likeness (QED) is 0.627. The molecule has 0 aliphatic heterocycles. The smallest absolute Gasteiger partial charge is 0.258 e. The molecule has 0 saturated carbocycles. The third kappa shape index (κ3) is 3.11. The van der Waals surface area contributed by atoms with Crippen LogP contribution in [0.15, 0.2) is 36.5 Å². The van der Waals surface area contributed by atoms with E-state index in [-0.39, 0.29) is 5.91 Å². The second kappa shape index (κ2) is 5.53. The summed E-state index contributed by atoms with van der Waals surface area (Å²) in [5.74, 6) is 0.139. The lowest BCUT2D eigenvalue weighted by atomic mass is 10.2. The van der Waals surface area contributed by atoms with Crippen LogP contribution < -0.4 is 11.1 Å². The first-order chi connectivity index (χ1) is 8.56. The van der Waals surface area contributed by atoms with Crippen LogP contribution in [-0.4, -0.2) is 10.9 Å². The minimum absolute atomic E-state index is 0.331. The van der Waals surface area contributed by atoms with Crippen LogP contribution in [0, 0.1) is 3.57 Å². The molecule has 1 aromatic carbocycles.